The van der Waals surface area contributed by atoms with E-state index >= 15 is 0 Å². The van der Waals surface area contributed by atoms with Crippen molar-refractivity contribution in [1.29, 1.82) is 0 Å². The minimum absolute atomic E-state index is 0.310. The average molecular weight is 879 g/mol. The molecule has 0 saturated heterocycles. The second kappa shape index (κ2) is 12.3. The van der Waals surface area contributed by atoms with Crippen LogP contribution in [0, 0.1) is 0 Å². The van der Waals surface area contributed by atoms with Crippen molar-refractivity contribution in [2.45, 2.75) is 11.3 Å². The molecule has 0 aliphatic rings. The molecule has 0 aliphatic carbocycles. The summed E-state index contributed by atoms with van der Waals surface area (Å²) in [4.78, 5) is 0. The number of halogens is 8. The van der Waals surface area contributed by atoms with E-state index in [1.165, 1.54) is 0 Å². The topological polar surface area (TPSA) is 0 Å². The molecule has 0 spiro atoms. The predicted molar refractivity (Wildman–Crippen MR) is 107 cm³/mol. The zero-order valence-electron chi connectivity index (χ0n) is 5.33. The van der Waals surface area contributed by atoms with Crippen molar-refractivity contribution in [3.63, 3.8) is 0 Å². The normalized spacial score (nSPS) is 11.0. The van der Waals surface area contributed by atoms with Gasteiger partial charge in [-0.1, -0.05) is 154 Å². The zero-order chi connectivity index (χ0) is 10.3. The molecule has 0 N–H and O–H groups in total. The Morgan fingerprint density at radius 3 is 0.750 bits per heavy atom. The van der Waals surface area contributed by atoms with Gasteiger partial charge < -0.3 is 0 Å². The Kier molecular flexibility index (Phi) is 19.7. The van der Waals surface area contributed by atoms with Gasteiger partial charge in [-0.2, -0.15) is 0 Å². The fourth-order valence-corrected chi connectivity index (χ4v) is 0. The van der Waals surface area contributed by atoms with Crippen LogP contribution in [0.15, 0.2) is 0 Å². The molecular weight excluding hydrogens is 875 g/mol. The van der Waals surface area contributed by atoms with Gasteiger partial charge in [-0.3, -0.25) is 0 Å². The van der Waals surface area contributed by atoms with E-state index in [1.54, 1.807) is 0 Å². The number of hydrogen-bond acceptors (Lipinski definition) is 0. The Labute approximate surface area is 161 Å². The summed E-state index contributed by atoms with van der Waals surface area (Å²) in [7, 11) is 0. The number of rotatable bonds is 2. The highest BCUT2D eigenvalue weighted by atomic mass is 127. The summed E-state index contributed by atoms with van der Waals surface area (Å²) in [5.74, 6) is 0. The largest absolute Gasteiger partial charge is 0.0920 e. The van der Waals surface area contributed by atoms with Gasteiger partial charge in [-0.15, -0.1) is 0 Å². The van der Waals surface area contributed by atoms with Crippen LogP contribution in [-0.2, 0) is 0 Å². The molecule has 0 aromatic carbocycles. The molecule has 0 aliphatic heterocycles. The molecule has 0 atom stereocenters. The zero-order valence-corrected chi connectivity index (χ0v) is 20.3. The van der Waals surface area contributed by atoms with E-state index in [1.807, 2.05) is 0 Å². The van der Waals surface area contributed by atoms with Crippen LogP contribution >= 0.6 is 154 Å². The maximum atomic E-state index is 3.26. The van der Waals surface area contributed by atoms with Crippen molar-refractivity contribution < 1.29 is 0 Å². The third-order valence-corrected chi connectivity index (χ3v) is 13.7. The summed E-state index contributed by atoms with van der Waals surface area (Å²) >= 11 is 22.7. The van der Waals surface area contributed by atoms with E-state index in [-0.39, 0.29) is 0 Å². The Bertz CT molecular complexity index is 73.1. The summed E-state index contributed by atoms with van der Waals surface area (Å²) in [5, 5.41) is 0. The summed E-state index contributed by atoms with van der Waals surface area (Å²) < 4.78 is 2.15. The standard InChI is InChI=1S/C2H2Br4.C2H2I4/c2*3-1(4)2(5)6/h2*1-2H. The minimum Gasteiger partial charge on any atom is -0.0743 e. The summed E-state index contributed by atoms with van der Waals surface area (Å²) in [5.41, 5.74) is 0. The quantitative estimate of drug-likeness (QED) is 0.217. The Hall–Kier alpha value is 4.84. The lowest BCUT2D eigenvalue weighted by Crippen LogP contribution is -1.93. The van der Waals surface area contributed by atoms with Crippen LogP contribution in [0.2, 0.25) is 0 Å². The first-order chi connectivity index (χ1) is 5.29. The van der Waals surface area contributed by atoms with Gasteiger partial charge in [-0.25, -0.2) is 0 Å². The highest BCUT2D eigenvalue weighted by molar-refractivity contribution is 14.2. The SMILES string of the molecule is BrC(Br)C(Br)Br.IC(I)C(I)I. The van der Waals surface area contributed by atoms with Crippen molar-refractivity contribution in [2.24, 2.45) is 0 Å². The fourth-order valence-electron chi connectivity index (χ4n) is 0. The van der Waals surface area contributed by atoms with Crippen molar-refractivity contribution in [3.05, 3.63) is 0 Å². The van der Waals surface area contributed by atoms with Gasteiger partial charge in [0.25, 0.3) is 0 Å². The molecule has 76 valence electrons. The van der Waals surface area contributed by atoms with Crippen LogP contribution in [0.25, 0.3) is 0 Å². The van der Waals surface area contributed by atoms with E-state index in [0.717, 1.165) is 3.86 Å². The van der Waals surface area contributed by atoms with Crippen LogP contribution in [-0.4, -0.2) is 11.3 Å². The smallest absolute Gasteiger partial charge is 0.0743 e. The van der Waals surface area contributed by atoms with Crippen molar-refractivity contribution in [1.82, 2.24) is 0 Å². The lowest BCUT2D eigenvalue weighted by molar-refractivity contribution is 1.46. The van der Waals surface area contributed by atoms with Crippen molar-refractivity contribution in [3.8, 4) is 0 Å². The molecule has 0 radical (unpaired) electrons. The number of alkyl halides is 8. The molecule has 0 aromatic rings. The summed E-state index contributed by atoms with van der Waals surface area (Å²) in [6, 6.07) is 0. The maximum Gasteiger partial charge on any atom is 0.0920 e. The van der Waals surface area contributed by atoms with Gasteiger partial charge in [0.15, 0.2) is 0 Å². The van der Waals surface area contributed by atoms with Crippen LogP contribution in [0.5, 0.6) is 0 Å². The van der Waals surface area contributed by atoms with E-state index in [2.05, 4.69) is 154 Å². The Morgan fingerprint density at radius 2 is 0.750 bits per heavy atom. The summed E-state index contributed by atoms with van der Waals surface area (Å²) in [6.07, 6.45) is 0. The van der Waals surface area contributed by atoms with Crippen LogP contribution in [0.3, 0.4) is 0 Å². The molecule has 0 amide bonds. The molecule has 0 heterocycles. The molecule has 0 saturated carbocycles. The maximum absolute atomic E-state index is 3.26. The van der Waals surface area contributed by atoms with Gasteiger partial charge in [0, 0.05) is 0 Å². The molecule has 0 fully saturated rings. The third kappa shape index (κ3) is 17.2. The highest BCUT2D eigenvalue weighted by Crippen LogP contribution is 2.26. The van der Waals surface area contributed by atoms with E-state index < -0.39 is 0 Å². The molecule has 0 unspecified atom stereocenters. The van der Waals surface area contributed by atoms with Crippen LogP contribution < -0.4 is 0 Å². The fraction of sp³-hybridized carbons (Fsp3) is 1.00. The molecule has 12 heavy (non-hydrogen) atoms. The second-order valence-corrected chi connectivity index (χ2v) is 17.9. The minimum atomic E-state index is 0.310. The Balaban J connectivity index is 0. The first kappa shape index (κ1) is 19.2. The molecule has 0 rings (SSSR count). The van der Waals surface area contributed by atoms with Crippen LogP contribution in [0.4, 0.5) is 0 Å². The van der Waals surface area contributed by atoms with E-state index in [0.29, 0.717) is 7.47 Å². The lowest BCUT2D eigenvalue weighted by atomic mass is 11.0. The Morgan fingerprint density at radius 1 is 0.583 bits per heavy atom. The molecule has 0 bridgehead atoms. The van der Waals surface area contributed by atoms with Gasteiger partial charge >= 0.3 is 0 Å². The molecule has 0 aromatic heterocycles. The number of hydrogen-bond donors (Lipinski definition) is 0. The van der Waals surface area contributed by atoms with Crippen LogP contribution in [0.1, 0.15) is 0 Å². The summed E-state index contributed by atoms with van der Waals surface area (Å²) in [6.45, 7) is 0. The molecule has 0 nitrogen and oxygen atoms in total. The van der Waals surface area contributed by atoms with Crippen molar-refractivity contribution >= 4 is 154 Å². The van der Waals surface area contributed by atoms with Crippen molar-refractivity contribution in [2.75, 3.05) is 0 Å². The average Bonchev–Trinajstić information content (AvgIpc) is 1.88. The second-order valence-electron chi connectivity index (χ2n) is 1.34. The van der Waals surface area contributed by atoms with Gasteiger partial charge in [0.1, 0.15) is 0 Å². The first-order valence-corrected chi connectivity index (χ1v) is 11.1. The first-order valence-electron chi connectivity index (χ1n) is 2.41. The molecular formula is C4H4Br4I4. The lowest BCUT2D eigenvalue weighted by Gasteiger charge is -1.97. The predicted octanol–water partition coefficient (Wildman–Crippen LogP) is 6.60. The molecule has 8 heteroatoms. The highest BCUT2D eigenvalue weighted by Gasteiger charge is 2.04. The van der Waals surface area contributed by atoms with E-state index in [9.17, 15) is 0 Å². The van der Waals surface area contributed by atoms with Gasteiger partial charge in [0.05, 0.1) is 11.3 Å². The van der Waals surface area contributed by atoms with Gasteiger partial charge in [0.2, 0.25) is 0 Å². The third-order valence-electron chi connectivity index (χ3n) is 0.381. The van der Waals surface area contributed by atoms with E-state index in [4.69, 9.17) is 0 Å². The van der Waals surface area contributed by atoms with Gasteiger partial charge in [-0.05, 0) is 0 Å². The monoisotopic (exact) mass is 875 g/mol.